The maximum absolute atomic E-state index is 12.7. The van der Waals surface area contributed by atoms with Crippen molar-refractivity contribution >= 4 is 11.4 Å². The van der Waals surface area contributed by atoms with Crippen LogP contribution in [0.1, 0.15) is 0 Å². The summed E-state index contributed by atoms with van der Waals surface area (Å²) in [5.41, 5.74) is -0.555. The minimum Gasteiger partial charge on any atom is -0.258 e. The lowest BCUT2D eigenvalue weighted by molar-refractivity contribution is -0.387. The van der Waals surface area contributed by atoms with E-state index in [9.17, 15) is 14.5 Å². The van der Waals surface area contributed by atoms with Gasteiger partial charge >= 0.3 is 5.69 Å². The highest BCUT2D eigenvalue weighted by Crippen LogP contribution is 2.22. The van der Waals surface area contributed by atoms with Crippen LogP contribution in [-0.4, -0.2) is 4.92 Å². The molecule has 0 aromatic heterocycles. The van der Waals surface area contributed by atoms with E-state index in [1.165, 1.54) is 6.07 Å². The Kier molecular flexibility index (Phi) is 2.01. The zero-order valence-corrected chi connectivity index (χ0v) is 5.82. The van der Waals surface area contributed by atoms with Crippen molar-refractivity contribution in [2.75, 3.05) is 0 Å². The van der Waals surface area contributed by atoms with E-state index in [2.05, 4.69) is 4.85 Å². The molecule has 0 bridgehead atoms. The van der Waals surface area contributed by atoms with Crippen molar-refractivity contribution in [3.8, 4) is 0 Å². The third-order valence-electron chi connectivity index (χ3n) is 1.26. The molecular formula is C7H3FN2O2. The molecule has 0 amide bonds. The average Bonchev–Trinajstić information content (AvgIpc) is 2.03. The van der Waals surface area contributed by atoms with Gasteiger partial charge in [0.15, 0.2) is 11.5 Å². The van der Waals surface area contributed by atoms with Gasteiger partial charge in [0.1, 0.15) is 0 Å². The maximum atomic E-state index is 12.7. The molecule has 0 radical (unpaired) electrons. The SMILES string of the molecule is [C-]#[N+]c1ccc([N+](=O)[O-])c(F)c1. The van der Waals surface area contributed by atoms with Gasteiger partial charge in [-0.2, -0.15) is 0 Å². The van der Waals surface area contributed by atoms with Gasteiger partial charge in [0.05, 0.1) is 11.5 Å². The molecule has 0 saturated heterocycles. The molecule has 1 aromatic carbocycles. The molecule has 0 spiro atoms. The molecule has 0 heterocycles. The minimum atomic E-state index is -0.978. The van der Waals surface area contributed by atoms with Crippen LogP contribution in [0.2, 0.25) is 0 Å². The molecule has 0 N–H and O–H groups in total. The first kappa shape index (κ1) is 8.14. The molecule has 0 fully saturated rings. The highest BCUT2D eigenvalue weighted by Gasteiger charge is 2.12. The number of rotatable bonds is 1. The summed E-state index contributed by atoms with van der Waals surface area (Å²) in [6.45, 7) is 6.51. The Morgan fingerprint density at radius 2 is 2.25 bits per heavy atom. The molecule has 4 nitrogen and oxygen atoms in total. The van der Waals surface area contributed by atoms with Gasteiger partial charge in [-0.05, 0) is 12.1 Å². The number of hydrogen-bond donors (Lipinski definition) is 0. The predicted molar refractivity (Wildman–Crippen MR) is 39.3 cm³/mol. The highest BCUT2D eigenvalue weighted by molar-refractivity contribution is 5.50. The van der Waals surface area contributed by atoms with Crippen LogP contribution in [0, 0.1) is 22.5 Å². The zero-order valence-electron chi connectivity index (χ0n) is 5.82. The van der Waals surface area contributed by atoms with Crippen LogP contribution in [-0.2, 0) is 0 Å². The van der Waals surface area contributed by atoms with E-state index in [4.69, 9.17) is 6.57 Å². The minimum absolute atomic E-state index is 0.0538. The van der Waals surface area contributed by atoms with Gasteiger partial charge in [0, 0.05) is 6.07 Å². The Morgan fingerprint density at radius 1 is 1.58 bits per heavy atom. The Labute approximate surface area is 67.2 Å². The van der Waals surface area contributed by atoms with Crippen LogP contribution in [0.3, 0.4) is 0 Å². The molecular weight excluding hydrogens is 163 g/mol. The molecule has 0 aliphatic rings. The lowest BCUT2D eigenvalue weighted by Crippen LogP contribution is -1.90. The molecule has 1 rings (SSSR count). The molecule has 5 heteroatoms. The molecule has 0 atom stereocenters. The van der Waals surface area contributed by atoms with Gasteiger partial charge in [-0.1, -0.05) is 0 Å². The summed E-state index contributed by atoms with van der Waals surface area (Å²) >= 11 is 0. The lowest BCUT2D eigenvalue weighted by atomic mass is 10.3. The van der Waals surface area contributed by atoms with Crippen molar-refractivity contribution in [3.63, 3.8) is 0 Å². The molecule has 0 aliphatic heterocycles. The third kappa shape index (κ3) is 1.37. The second-order valence-corrected chi connectivity index (χ2v) is 2.00. The fourth-order valence-electron chi connectivity index (χ4n) is 0.713. The Bertz CT molecular complexity index is 370. The average molecular weight is 166 g/mol. The second kappa shape index (κ2) is 2.96. The highest BCUT2D eigenvalue weighted by atomic mass is 19.1. The summed E-state index contributed by atoms with van der Waals surface area (Å²) in [6.07, 6.45) is 0. The summed E-state index contributed by atoms with van der Waals surface area (Å²) < 4.78 is 12.7. The van der Waals surface area contributed by atoms with Crippen LogP contribution in [0.15, 0.2) is 18.2 Å². The first-order valence-electron chi connectivity index (χ1n) is 2.96. The van der Waals surface area contributed by atoms with Gasteiger partial charge in [0.25, 0.3) is 0 Å². The molecule has 0 saturated carbocycles. The van der Waals surface area contributed by atoms with Gasteiger partial charge in [0.2, 0.25) is 0 Å². The normalized spacial score (nSPS) is 9.00. The van der Waals surface area contributed by atoms with Crippen LogP contribution in [0.25, 0.3) is 4.85 Å². The largest absolute Gasteiger partial charge is 0.302 e. The summed E-state index contributed by atoms with van der Waals surface area (Å²) in [5, 5.41) is 10.1. The van der Waals surface area contributed by atoms with Crippen molar-refractivity contribution in [2.45, 2.75) is 0 Å². The molecule has 12 heavy (non-hydrogen) atoms. The lowest BCUT2D eigenvalue weighted by Gasteiger charge is -1.92. The maximum Gasteiger partial charge on any atom is 0.302 e. The summed E-state index contributed by atoms with van der Waals surface area (Å²) in [5.74, 6) is -0.978. The van der Waals surface area contributed by atoms with E-state index in [0.717, 1.165) is 12.1 Å². The summed E-state index contributed by atoms with van der Waals surface area (Å²) in [4.78, 5) is 12.2. The van der Waals surface area contributed by atoms with Gasteiger partial charge in [-0.25, -0.2) is 9.24 Å². The van der Waals surface area contributed by atoms with Gasteiger partial charge in [-0.3, -0.25) is 10.1 Å². The van der Waals surface area contributed by atoms with Crippen molar-refractivity contribution in [1.82, 2.24) is 0 Å². The molecule has 1 aromatic rings. The molecule has 0 unspecified atom stereocenters. The topological polar surface area (TPSA) is 47.5 Å². The van der Waals surface area contributed by atoms with E-state index in [0.29, 0.717) is 0 Å². The Morgan fingerprint density at radius 3 is 2.67 bits per heavy atom. The van der Waals surface area contributed by atoms with Gasteiger partial charge < -0.3 is 0 Å². The van der Waals surface area contributed by atoms with E-state index in [1.54, 1.807) is 0 Å². The number of nitrogens with zero attached hydrogens (tertiary/aromatic N) is 2. The molecule has 60 valence electrons. The van der Waals surface area contributed by atoms with Crippen molar-refractivity contribution < 1.29 is 9.31 Å². The number of benzene rings is 1. The van der Waals surface area contributed by atoms with Crippen LogP contribution >= 0.6 is 0 Å². The van der Waals surface area contributed by atoms with E-state index in [1.807, 2.05) is 0 Å². The van der Waals surface area contributed by atoms with Crippen molar-refractivity contribution in [3.05, 3.63) is 45.5 Å². The Balaban J connectivity index is 3.23. The monoisotopic (exact) mass is 166 g/mol. The smallest absolute Gasteiger partial charge is 0.258 e. The fraction of sp³-hybridized carbons (Fsp3) is 0. The third-order valence-corrected chi connectivity index (χ3v) is 1.26. The summed E-state index contributed by atoms with van der Waals surface area (Å²) in [7, 11) is 0. The van der Waals surface area contributed by atoms with Gasteiger partial charge in [-0.15, -0.1) is 0 Å². The van der Waals surface area contributed by atoms with E-state index in [-0.39, 0.29) is 5.69 Å². The van der Waals surface area contributed by atoms with Crippen LogP contribution < -0.4 is 0 Å². The number of nitro benzene ring substituents is 1. The first-order chi connectivity index (χ1) is 5.65. The number of nitro groups is 1. The quantitative estimate of drug-likeness (QED) is 0.365. The second-order valence-electron chi connectivity index (χ2n) is 2.00. The number of halogens is 1. The fourth-order valence-corrected chi connectivity index (χ4v) is 0.713. The standard InChI is InChI=1S/C7H3FN2O2/c1-9-5-2-3-7(10(11)12)6(8)4-5/h2-4H. The van der Waals surface area contributed by atoms with E-state index >= 15 is 0 Å². The zero-order chi connectivity index (χ0) is 9.14. The number of hydrogen-bond acceptors (Lipinski definition) is 2. The van der Waals surface area contributed by atoms with Crippen molar-refractivity contribution in [1.29, 1.82) is 0 Å². The first-order valence-corrected chi connectivity index (χ1v) is 2.96. The Hall–Kier alpha value is -1.96. The van der Waals surface area contributed by atoms with Crippen molar-refractivity contribution in [2.24, 2.45) is 0 Å². The van der Waals surface area contributed by atoms with E-state index < -0.39 is 16.4 Å². The summed E-state index contributed by atoms with van der Waals surface area (Å²) in [6, 6.07) is 3.02. The van der Waals surface area contributed by atoms with Crippen LogP contribution in [0.4, 0.5) is 15.8 Å². The van der Waals surface area contributed by atoms with Crippen LogP contribution in [0.5, 0.6) is 0 Å². The predicted octanol–water partition coefficient (Wildman–Crippen LogP) is 2.28. The molecule has 0 aliphatic carbocycles.